The van der Waals surface area contributed by atoms with Gasteiger partial charge in [-0.2, -0.15) is 0 Å². The Morgan fingerprint density at radius 2 is 2.14 bits per heavy atom. The minimum absolute atomic E-state index is 0.107. The maximum absolute atomic E-state index is 7.85. The van der Waals surface area contributed by atoms with Gasteiger partial charge >= 0.3 is 0 Å². The van der Waals surface area contributed by atoms with Gasteiger partial charge in [0, 0.05) is 23.5 Å². The Labute approximate surface area is 125 Å². The largest absolute Gasteiger partial charge is 0.384 e. The Bertz CT molecular complexity index is 678. The van der Waals surface area contributed by atoms with Crippen LogP contribution in [0.4, 0.5) is 5.82 Å². The first-order chi connectivity index (χ1) is 10.1. The van der Waals surface area contributed by atoms with E-state index in [1.54, 1.807) is 0 Å². The lowest BCUT2D eigenvalue weighted by atomic mass is 10.0. The van der Waals surface area contributed by atoms with Crippen molar-refractivity contribution in [2.75, 3.05) is 11.4 Å². The molecule has 1 aromatic carbocycles. The molecule has 2 heterocycles. The predicted octanol–water partition coefficient (Wildman–Crippen LogP) is 3.14. The van der Waals surface area contributed by atoms with Crippen LogP contribution in [0.15, 0.2) is 30.3 Å². The zero-order chi connectivity index (χ0) is 15.0. The molecule has 4 heteroatoms. The molecule has 1 unspecified atom stereocenters. The number of para-hydroxylation sites is 1. The predicted molar refractivity (Wildman–Crippen MR) is 88.0 cm³/mol. The molecule has 1 aliphatic rings. The van der Waals surface area contributed by atoms with Crippen LogP contribution in [0.25, 0.3) is 10.9 Å². The average molecular weight is 282 g/mol. The van der Waals surface area contributed by atoms with Crippen LogP contribution >= 0.6 is 0 Å². The normalized spacial score (nSPS) is 18.6. The van der Waals surface area contributed by atoms with E-state index in [0.717, 1.165) is 28.8 Å². The first-order valence-corrected chi connectivity index (χ1v) is 7.58. The van der Waals surface area contributed by atoms with Crippen molar-refractivity contribution < 1.29 is 0 Å². The van der Waals surface area contributed by atoms with Crippen LogP contribution in [-0.4, -0.2) is 23.4 Å². The number of anilines is 1. The SMILES string of the molecule is CC(C)C1CCCN1c1cc(C(=N)N)c2ccccc2n1. The minimum Gasteiger partial charge on any atom is -0.384 e. The lowest BCUT2D eigenvalue weighted by Gasteiger charge is -2.29. The highest BCUT2D eigenvalue weighted by Crippen LogP contribution is 2.31. The summed E-state index contributed by atoms with van der Waals surface area (Å²) in [5, 5.41) is 8.80. The Morgan fingerprint density at radius 3 is 2.86 bits per heavy atom. The third-order valence-electron chi connectivity index (χ3n) is 4.36. The van der Waals surface area contributed by atoms with Gasteiger partial charge in [-0.25, -0.2) is 4.98 Å². The fourth-order valence-corrected chi connectivity index (χ4v) is 3.30. The third-order valence-corrected chi connectivity index (χ3v) is 4.36. The number of nitrogens with two attached hydrogens (primary N) is 1. The Morgan fingerprint density at radius 1 is 1.38 bits per heavy atom. The van der Waals surface area contributed by atoms with Gasteiger partial charge in [0.15, 0.2) is 0 Å². The smallest absolute Gasteiger partial charge is 0.130 e. The number of nitrogen functional groups attached to an aromatic ring is 1. The van der Waals surface area contributed by atoms with Gasteiger partial charge < -0.3 is 10.6 Å². The van der Waals surface area contributed by atoms with Crippen molar-refractivity contribution >= 4 is 22.6 Å². The van der Waals surface area contributed by atoms with Gasteiger partial charge in [0.1, 0.15) is 11.7 Å². The number of hydrogen-bond donors (Lipinski definition) is 2. The highest BCUT2D eigenvalue weighted by molar-refractivity contribution is 6.07. The molecule has 2 aromatic rings. The standard InChI is InChI=1S/C17H22N4/c1-11(2)15-8-5-9-21(15)16-10-13(17(18)19)12-6-3-4-7-14(12)20-16/h3-4,6-7,10-11,15H,5,8-9H2,1-2H3,(H3,18,19). The van der Waals surface area contributed by atoms with E-state index in [1.165, 1.54) is 12.8 Å². The lowest BCUT2D eigenvalue weighted by molar-refractivity contribution is 0.490. The van der Waals surface area contributed by atoms with Gasteiger partial charge in [-0.15, -0.1) is 0 Å². The molecule has 1 atom stereocenters. The second kappa shape index (κ2) is 5.35. The first-order valence-electron chi connectivity index (χ1n) is 7.58. The van der Waals surface area contributed by atoms with Crippen molar-refractivity contribution in [1.82, 2.24) is 4.98 Å². The van der Waals surface area contributed by atoms with E-state index in [1.807, 2.05) is 30.3 Å². The van der Waals surface area contributed by atoms with Gasteiger partial charge in [0.25, 0.3) is 0 Å². The Balaban J connectivity index is 2.13. The zero-order valence-corrected chi connectivity index (χ0v) is 12.6. The zero-order valence-electron chi connectivity index (χ0n) is 12.6. The summed E-state index contributed by atoms with van der Waals surface area (Å²) in [6.07, 6.45) is 2.41. The molecule has 4 nitrogen and oxygen atoms in total. The molecule has 0 radical (unpaired) electrons. The van der Waals surface area contributed by atoms with Crippen LogP contribution < -0.4 is 10.6 Å². The van der Waals surface area contributed by atoms with Crippen molar-refractivity contribution in [3.05, 3.63) is 35.9 Å². The summed E-state index contributed by atoms with van der Waals surface area (Å²) in [7, 11) is 0. The summed E-state index contributed by atoms with van der Waals surface area (Å²) in [5.41, 5.74) is 7.47. The molecule has 3 N–H and O–H groups in total. The maximum Gasteiger partial charge on any atom is 0.130 e. The molecule has 1 fully saturated rings. The highest BCUT2D eigenvalue weighted by atomic mass is 15.2. The molecule has 0 spiro atoms. The second-order valence-electron chi connectivity index (χ2n) is 6.11. The summed E-state index contributed by atoms with van der Waals surface area (Å²) >= 11 is 0. The summed E-state index contributed by atoms with van der Waals surface area (Å²) in [4.78, 5) is 7.19. The topological polar surface area (TPSA) is 66.0 Å². The van der Waals surface area contributed by atoms with Crippen LogP contribution in [0.2, 0.25) is 0 Å². The number of nitrogens with zero attached hydrogens (tertiary/aromatic N) is 2. The molecule has 1 aromatic heterocycles. The fraction of sp³-hybridized carbons (Fsp3) is 0.412. The number of aromatic nitrogens is 1. The van der Waals surface area contributed by atoms with Gasteiger partial charge in [0.2, 0.25) is 0 Å². The average Bonchev–Trinajstić information content (AvgIpc) is 2.95. The van der Waals surface area contributed by atoms with Crippen LogP contribution in [-0.2, 0) is 0 Å². The molecule has 1 saturated heterocycles. The highest BCUT2D eigenvalue weighted by Gasteiger charge is 2.28. The van der Waals surface area contributed by atoms with Gasteiger partial charge in [-0.05, 0) is 30.9 Å². The van der Waals surface area contributed by atoms with Gasteiger partial charge in [0.05, 0.1) is 5.52 Å². The number of benzene rings is 1. The van der Waals surface area contributed by atoms with E-state index in [4.69, 9.17) is 16.1 Å². The van der Waals surface area contributed by atoms with Crippen molar-refractivity contribution in [1.29, 1.82) is 5.41 Å². The quantitative estimate of drug-likeness (QED) is 0.671. The Hall–Kier alpha value is -2.10. The molecule has 110 valence electrons. The van der Waals surface area contributed by atoms with Gasteiger partial charge in [-0.3, -0.25) is 5.41 Å². The van der Waals surface area contributed by atoms with Crippen molar-refractivity contribution in [3.63, 3.8) is 0 Å². The number of amidine groups is 1. The number of nitrogens with one attached hydrogen (secondary N) is 1. The summed E-state index contributed by atoms with van der Waals surface area (Å²) in [6, 6.07) is 10.4. The summed E-state index contributed by atoms with van der Waals surface area (Å²) < 4.78 is 0. The van der Waals surface area contributed by atoms with Crippen LogP contribution in [0.1, 0.15) is 32.3 Å². The molecular weight excluding hydrogens is 260 g/mol. The van der Waals surface area contributed by atoms with E-state index in [2.05, 4.69) is 18.7 Å². The van der Waals surface area contributed by atoms with E-state index in [-0.39, 0.29) is 5.84 Å². The van der Waals surface area contributed by atoms with Crippen molar-refractivity contribution in [2.24, 2.45) is 11.7 Å². The van der Waals surface area contributed by atoms with Crippen LogP contribution in [0.5, 0.6) is 0 Å². The molecular formula is C17H22N4. The second-order valence-corrected chi connectivity index (χ2v) is 6.11. The number of fused-ring (bicyclic) bond motifs is 1. The number of pyridine rings is 1. The van der Waals surface area contributed by atoms with E-state index in [9.17, 15) is 0 Å². The monoisotopic (exact) mass is 282 g/mol. The van der Waals surface area contributed by atoms with E-state index >= 15 is 0 Å². The van der Waals surface area contributed by atoms with Crippen LogP contribution in [0, 0.1) is 11.3 Å². The lowest BCUT2D eigenvalue weighted by Crippen LogP contribution is -2.34. The molecule has 1 aliphatic heterocycles. The number of hydrogen-bond acceptors (Lipinski definition) is 3. The van der Waals surface area contributed by atoms with Crippen molar-refractivity contribution in [3.8, 4) is 0 Å². The fourth-order valence-electron chi connectivity index (χ4n) is 3.30. The Kier molecular flexibility index (Phi) is 3.53. The number of rotatable bonds is 3. The molecule has 0 amide bonds. The molecule has 21 heavy (non-hydrogen) atoms. The molecule has 3 rings (SSSR count). The van der Waals surface area contributed by atoms with Crippen molar-refractivity contribution in [2.45, 2.75) is 32.7 Å². The summed E-state index contributed by atoms with van der Waals surface area (Å²) in [5.74, 6) is 1.66. The van der Waals surface area contributed by atoms with Gasteiger partial charge in [-0.1, -0.05) is 32.0 Å². The van der Waals surface area contributed by atoms with E-state index < -0.39 is 0 Å². The third kappa shape index (κ3) is 2.46. The van der Waals surface area contributed by atoms with Crippen LogP contribution in [0.3, 0.4) is 0 Å². The minimum atomic E-state index is 0.107. The molecule has 0 aliphatic carbocycles. The van der Waals surface area contributed by atoms with E-state index in [0.29, 0.717) is 12.0 Å². The molecule has 0 saturated carbocycles. The first kappa shape index (κ1) is 13.9. The molecule has 0 bridgehead atoms. The maximum atomic E-state index is 7.85. The summed E-state index contributed by atoms with van der Waals surface area (Å²) in [6.45, 7) is 5.55.